The molecule has 1 heterocycles. The maximum atomic E-state index is 13.5. The lowest BCUT2D eigenvalue weighted by atomic mass is 9.95. The summed E-state index contributed by atoms with van der Waals surface area (Å²) in [6, 6.07) is 7.52. The number of halogens is 1. The van der Waals surface area contributed by atoms with Crippen LogP contribution >= 0.6 is 0 Å². The Labute approximate surface area is 145 Å². The van der Waals surface area contributed by atoms with Gasteiger partial charge in [-0.2, -0.15) is 0 Å². The van der Waals surface area contributed by atoms with Crippen molar-refractivity contribution in [2.45, 2.75) is 39.0 Å². The first kappa shape index (κ1) is 18.5. The first-order chi connectivity index (χ1) is 11.3. The highest BCUT2D eigenvalue weighted by Gasteiger charge is 2.33. The quantitative estimate of drug-likeness (QED) is 0.785. The van der Waals surface area contributed by atoms with E-state index in [1.54, 1.807) is 26.0 Å². The van der Waals surface area contributed by atoms with Crippen molar-refractivity contribution in [2.24, 2.45) is 0 Å². The minimum Gasteiger partial charge on any atom is -0.265 e. The van der Waals surface area contributed by atoms with Gasteiger partial charge in [0.1, 0.15) is 13.7 Å². The van der Waals surface area contributed by atoms with Crippen LogP contribution in [0.3, 0.4) is 0 Å². The Morgan fingerprint density at radius 3 is 2.38 bits per heavy atom. The van der Waals surface area contributed by atoms with Crippen LogP contribution < -0.4 is 9.77 Å². The zero-order valence-corrected chi connectivity index (χ0v) is 15.2. The van der Waals surface area contributed by atoms with E-state index in [0.717, 1.165) is 5.56 Å². The molecule has 6 heteroatoms. The van der Waals surface area contributed by atoms with Gasteiger partial charge in [-0.3, -0.25) is 4.31 Å². The first-order valence-electron chi connectivity index (χ1n) is 7.98. The van der Waals surface area contributed by atoms with E-state index in [-0.39, 0.29) is 10.7 Å². The average molecular weight is 345 g/mol. The number of nitrogens with zero attached hydrogens (tertiary/aromatic N) is 1. The summed E-state index contributed by atoms with van der Waals surface area (Å²) in [5, 5.41) is 0. The molecule has 1 aliphatic rings. The Morgan fingerprint density at radius 2 is 1.75 bits per heavy atom. The Hall–Kier alpha value is -1.82. The van der Waals surface area contributed by atoms with Crippen molar-refractivity contribution >= 4 is 29.0 Å². The van der Waals surface area contributed by atoms with Crippen molar-refractivity contribution in [3.8, 4) is 0 Å². The highest BCUT2D eigenvalue weighted by molar-refractivity contribution is 7.93. The van der Waals surface area contributed by atoms with Crippen LogP contribution in [0.1, 0.15) is 30.5 Å². The monoisotopic (exact) mass is 345 g/mol. The number of fused-ring (bicyclic) bond motifs is 1. The molecule has 0 N–H and O–H groups in total. The molecule has 0 atom stereocenters. The Kier molecular flexibility index (Phi) is 5.38. The van der Waals surface area contributed by atoms with Crippen LogP contribution in [0.2, 0.25) is 0 Å². The van der Waals surface area contributed by atoms with E-state index in [0.29, 0.717) is 35.2 Å². The lowest BCUT2D eigenvalue weighted by Crippen LogP contribution is -2.30. The van der Waals surface area contributed by atoms with Gasteiger partial charge in [-0.25, -0.2) is 12.8 Å². The third-order valence-corrected chi connectivity index (χ3v) is 5.90. The molecule has 0 bridgehead atoms. The second-order valence-corrected chi connectivity index (χ2v) is 7.41. The summed E-state index contributed by atoms with van der Waals surface area (Å²) in [6.07, 6.45) is 0.515. The molecule has 0 saturated heterocycles. The summed E-state index contributed by atoms with van der Waals surface area (Å²) in [5.74, 6) is -0.334. The molecule has 2 aromatic carbocycles. The largest absolute Gasteiger partial charge is 0.265 e. The summed E-state index contributed by atoms with van der Waals surface area (Å²) in [7, 11) is 2.01. The highest BCUT2D eigenvalue weighted by atomic mass is 32.2. The molecule has 0 fully saturated rings. The molecule has 0 unspecified atom stereocenters. The lowest BCUT2D eigenvalue weighted by Gasteiger charge is -2.22. The van der Waals surface area contributed by atoms with Gasteiger partial charge in [-0.1, -0.05) is 31.4 Å². The van der Waals surface area contributed by atoms with Crippen LogP contribution in [0, 0.1) is 19.7 Å². The predicted molar refractivity (Wildman–Crippen MR) is 97.3 cm³/mol. The van der Waals surface area contributed by atoms with E-state index >= 15 is 0 Å². The van der Waals surface area contributed by atoms with E-state index in [4.69, 9.17) is 7.85 Å². The summed E-state index contributed by atoms with van der Waals surface area (Å²) in [5.41, 5.74) is 3.08. The third-order valence-electron chi connectivity index (χ3n) is 3.94. The normalized spacial score (nSPS) is 13.3. The zero-order valence-electron chi connectivity index (χ0n) is 14.4. The van der Waals surface area contributed by atoms with Gasteiger partial charge in [0.2, 0.25) is 0 Å². The van der Waals surface area contributed by atoms with E-state index in [1.807, 2.05) is 13.8 Å². The van der Waals surface area contributed by atoms with Gasteiger partial charge >= 0.3 is 0 Å². The fourth-order valence-corrected chi connectivity index (χ4v) is 4.78. The highest BCUT2D eigenvalue weighted by Crippen LogP contribution is 2.36. The number of benzene rings is 2. The van der Waals surface area contributed by atoms with Gasteiger partial charge in [-0.15, -0.1) is 0 Å². The minimum atomic E-state index is -3.68. The van der Waals surface area contributed by atoms with Crippen LogP contribution in [0.15, 0.2) is 35.2 Å². The average Bonchev–Trinajstić information content (AvgIpc) is 2.93. The minimum absolute atomic E-state index is 0.235. The molecule has 0 spiro atoms. The Bertz CT molecular complexity index is 866. The molecule has 2 aromatic rings. The SMILES string of the molecule is CC.[B]c1ccc(S(=O)(=O)N2CCc3cc(F)cc(C)c32)c(C)c1. The summed E-state index contributed by atoms with van der Waals surface area (Å²) in [4.78, 5) is 0.235. The summed E-state index contributed by atoms with van der Waals surface area (Å²) >= 11 is 0. The van der Waals surface area contributed by atoms with Gasteiger partial charge in [0, 0.05) is 6.54 Å². The van der Waals surface area contributed by atoms with Gasteiger partial charge in [0.15, 0.2) is 0 Å². The van der Waals surface area contributed by atoms with Crippen LogP contribution in [-0.4, -0.2) is 22.8 Å². The van der Waals surface area contributed by atoms with Crippen molar-refractivity contribution in [1.29, 1.82) is 0 Å². The van der Waals surface area contributed by atoms with Crippen LogP contribution in [0.25, 0.3) is 0 Å². The van der Waals surface area contributed by atoms with E-state index in [2.05, 4.69) is 0 Å². The molecule has 0 saturated carbocycles. The van der Waals surface area contributed by atoms with E-state index in [1.165, 1.54) is 22.5 Å². The number of aryl methyl sites for hydroxylation is 2. The summed E-state index contributed by atoms with van der Waals surface area (Å²) < 4.78 is 40.8. The first-order valence-corrected chi connectivity index (χ1v) is 9.42. The van der Waals surface area contributed by atoms with Crippen molar-refractivity contribution in [3.63, 3.8) is 0 Å². The standard InChI is InChI=1S/C16H15BFNO2S.C2H6/c1-10-7-13(17)3-4-15(10)22(20,21)19-6-5-12-9-14(18)8-11(2)16(12)19;1-2/h3-4,7-9H,5-6H2,1-2H3;1-2H3. The molecular weight excluding hydrogens is 324 g/mol. The van der Waals surface area contributed by atoms with E-state index < -0.39 is 10.0 Å². The number of rotatable bonds is 2. The smallest absolute Gasteiger partial charge is 0.264 e. The topological polar surface area (TPSA) is 37.4 Å². The molecule has 24 heavy (non-hydrogen) atoms. The van der Waals surface area contributed by atoms with Crippen LogP contribution in [-0.2, 0) is 16.4 Å². The molecule has 2 radical (unpaired) electrons. The molecule has 0 aliphatic carbocycles. The van der Waals surface area contributed by atoms with Crippen LogP contribution in [0.4, 0.5) is 10.1 Å². The fraction of sp³-hybridized carbons (Fsp3) is 0.333. The molecule has 3 rings (SSSR count). The molecule has 1 aliphatic heterocycles. The molecule has 3 nitrogen and oxygen atoms in total. The fourth-order valence-electron chi connectivity index (χ4n) is 3.01. The number of hydrogen-bond donors (Lipinski definition) is 0. The van der Waals surface area contributed by atoms with E-state index in [9.17, 15) is 12.8 Å². The Morgan fingerprint density at radius 1 is 1.08 bits per heavy atom. The summed E-state index contributed by atoms with van der Waals surface area (Å²) in [6.45, 7) is 7.77. The number of sulfonamides is 1. The van der Waals surface area contributed by atoms with Gasteiger partial charge < -0.3 is 0 Å². The zero-order chi connectivity index (χ0) is 18.1. The predicted octanol–water partition coefficient (Wildman–Crippen LogP) is 3.01. The van der Waals surface area contributed by atoms with Gasteiger partial charge in [-0.05, 0) is 55.2 Å². The Balaban J connectivity index is 0.00000100. The third kappa shape index (κ3) is 3.20. The lowest BCUT2D eigenvalue weighted by molar-refractivity contribution is 0.591. The van der Waals surface area contributed by atoms with Crippen LogP contribution in [0.5, 0.6) is 0 Å². The van der Waals surface area contributed by atoms with Crippen molar-refractivity contribution in [3.05, 3.63) is 52.8 Å². The molecule has 126 valence electrons. The second kappa shape index (κ2) is 6.97. The van der Waals surface area contributed by atoms with Gasteiger partial charge in [0.05, 0.1) is 10.6 Å². The molecule has 0 aromatic heterocycles. The number of hydrogen-bond acceptors (Lipinski definition) is 2. The molecular formula is C18H21BFNO2S. The van der Waals surface area contributed by atoms with Gasteiger partial charge in [0.25, 0.3) is 10.0 Å². The van der Waals surface area contributed by atoms with Crippen molar-refractivity contribution < 1.29 is 12.8 Å². The van der Waals surface area contributed by atoms with Crippen molar-refractivity contribution in [1.82, 2.24) is 0 Å². The number of anilines is 1. The maximum Gasteiger partial charge on any atom is 0.264 e. The maximum absolute atomic E-state index is 13.5. The van der Waals surface area contributed by atoms with Crippen molar-refractivity contribution in [2.75, 3.05) is 10.8 Å². The second-order valence-electron chi connectivity index (χ2n) is 5.58. The molecule has 0 amide bonds.